The zero-order chi connectivity index (χ0) is 17.1. The van der Waals surface area contributed by atoms with Crippen molar-refractivity contribution in [2.24, 2.45) is 0 Å². The largest absolute Gasteiger partial charge is 0.454 e. The molecule has 1 aromatic heterocycles. The van der Waals surface area contributed by atoms with Gasteiger partial charge in [0.15, 0.2) is 6.61 Å². The van der Waals surface area contributed by atoms with E-state index in [1.807, 2.05) is 0 Å². The molecule has 5 nitrogen and oxygen atoms in total. The molecule has 1 saturated heterocycles. The monoisotopic (exact) mass is 407 g/mol. The Balaban J connectivity index is 1.59. The van der Waals surface area contributed by atoms with Crippen molar-refractivity contribution >= 4 is 50.6 Å². The summed E-state index contributed by atoms with van der Waals surface area (Å²) in [6.07, 6.45) is 1.41. The molecule has 3 rings (SSSR count). The zero-order valence-electron chi connectivity index (χ0n) is 12.7. The molecule has 0 saturated carbocycles. The molecule has 0 atom stereocenters. The Morgan fingerprint density at radius 2 is 1.92 bits per heavy atom. The summed E-state index contributed by atoms with van der Waals surface area (Å²) in [4.78, 5) is 37.9. The highest BCUT2D eigenvalue weighted by Gasteiger charge is 2.22. The fourth-order valence-electron chi connectivity index (χ4n) is 2.45. The predicted octanol–water partition coefficient (Wildman–Crippen LogP) is 3.68. The quantitative estimate of drug-likeness (QED) is 0.560. The lowest BCUT2D eigenvalue weighted by atomic mass is 10.2. The van der Waals surface area contributed by atoms with Crippen molar-refractivity contribution in [2.45, 2.75) is 12.8 Å². The minimum atomic E-state index is -0.557. The van der Waals surface area contributed by atoms with Crippen molar-refractivity contribution in [1.82, 2.24) is 0 Å². The summed E-state index contributed by atoms with van der Waals surface area (Å²) < 4.78 is 5.91. The minimum absolute atomic E-state index is 0.0954. The number of ether oxygens (including phenoxy) is 1. The molecule has 1 aliphatic rings. The van der Waals surface area contributed by atoms with E-state index in [1.165, 1.54) is 11.3 Å². The maximum Gasteiger partial charge on any atom is 0.338 e. The Morgan fingerprint density at radius 1 is 1.17 bits per heavy atom. The lowest BCUT2D eigenvalue weighted by Gasteiger charge is -2.15. The number of carbonyl (C=O) groups is 3. The number of hydrogen-bond donors (Lipinski definition) is 0. The van der Waals surface area contributed by atoms with E-state index in [0.717, 1.165) is 15.9 Å². The van der Waals surface area contributed by atoms with Gasteiger partial charge in [-0.1, -0.05) is 0 Å². The fourth-order valence-corrected chi connectivity index (χ4v) is 3.76. The van der Waals surface area contributed by atoms with E-state index in [2.05, 4.69) is 15.9 Å². The summed E-state index contributed by atoms with van der Waals surface area (Å²) in [6.45, 7) is 0.408. The van der Waals surface area contributed by atoms with Crippen LogP contribution in [0, 0.1) is 0 Å². The number of anilines is 1. The van der Waals surface area contributed by atoms with E-state index in [4.69, 9.17) is 4.74 Å². The topological polar surface area (TPSA) is 63.7 Å². The summed E-state index contributed by atoms with van der Waals surface area (Å²) in [6, 6.07) is 10.1. The zero-order valence-corrected chi connectivity index (χ0v) is 15.1. The standard InChI is InChI=1S/C17H14BrNO4S/c18-15-8-7-14(24-15)13(20)10-23-17(22)11-3-5-12(6-4-11)19-9-1-2-16(19)21/h3-8H,1-2,9-10H2. The average molecular weight is 408 g/mol. The number of esters is 1. The minimum Gasteiger partial charge on any atom is -0.454 e. The van der Waals surface area contributed by atoms with Gasteiger partial charge in [-0.2, -0.15) is 0 Å². The van der Waals surface area contributed by atoms with Gasteiger partial charge in [0.1, 0.15) is 0 Å². The van der Waals surface area contributed by atoms with Crippen LogP contribution < -0.4 is 4.90 Å². The molecular formula is C17H14BrNO4S. The first-order valence-corrected chi connectivity index (χ1v) is 9.01. The lowest BCUT2D eigenvalue weighted by Crippen LogP contribution is -2.23. The summed E-state index contributed by atoms with van der Waals surface area (Å²) in [5, 5.41) is 0. The maximum atomic E-state index is 12.0. The lowest BCUT2D eigenvalue weighted by molar-refractivity contribution is -0.117. The van der Waals surface area contributed by atoms with Crippen LogP contribution in [-0.4, -0.2) is 30.8 Å². The molecule has 1 amide bonds. The van der Waals surface area contributed by atoms with Crippen LogP contribution in [0.1, 0.15) is 32.9 Å². The molecule has 7 heteroatoms. The van der Waals surface area contributed by atoms with E-state index >= 15 is 0 Å². The molecule has 0 aliphatic carbocycles. The third kappa shape index (κ3) is 3.73. The van der Waals surface area contributed by atoms with Crippen molar-refractivity contribution in [2.75, 3.05) is 18.1 Å². The number of rotatable bonds is 5. The molecule has 0 bridgehead atoms. The molecule has 0 radical (unpaired) electrons. The number of halogens is 1. The van der Waals surface area contributed by atoms with Crippen LogP contribution in [0.4, 0.5) is 5.69 Å². The number of nitrogens with zero attached hydrogens (tertiary/aromatic N) is 1. The van der Waals surface area contributed by atoms with Crippen LogP contribution in [0.2, 0.25) is 0 Å². The fraction of sp³-hybridized carbons (Fsp3) is 0.235. The highest BCUT2D eigenvalue weighted by Crippen LogP contribution is 2.23. The van der Waals surface area contributed by atoms with E-state index in [-0.39, 0.29) is 18.3 Å². The van der Waals surface area contributed by atoms with Crippen LogP contribution in [0.15, 0.2) is 40.2 Å². The molecule has 2 aromatic rings. The van der Waals surface area contributed by atoms with Crippen molar-refractivity contribution in [1.29, 1.82) is 0 Å². The number of Topliss-reactive ketones (excluding diaryl/α,β-unsaturated/α-hetero) is 1. The van der Waals surface area contributed by atoms with E-state index in [9.17, 15) is 14.4 Å². The summed E-state index contributed by atoms with van der Waals surface area (Å²) in [5.74, 6) is -0.699. The Labute approximate surface area is 151 Å². The SMILES string of the molecule is O=C(OCC(=O)c1ccc(Br)s1)c1ccc(N2CCCC2=O)cc1. The Kier molecular flexibility index (Phi) is 5.11. The number of benzene rings is 1. The van der Waals surface area contributed by atoms with E-state index in [0.29, 0.717) is 23.4 Å². The van der Waals surface area contributed by atoms with Gasteiger partial charge >= 0.3 is 5.97 Å². The van der Waals surface area contributed by atoms with Gasteiger partial charge in [-0.25, -0.2) is 4.79 Å². The number of amides is 1. The van der Waals surface area contributed by atoms with Crippen LogP contribution in [0.25, 0.3) is 0 Å². The summed E-state index contributed by atoms with van der Waals surface area (Å²) in [5.41, 5.74) is 1.12. The Bertz CT molecular complexity index is 784. The molecule has 0 N–H and O–H groups in total. The van der Waals surface area contributed by atoms with Crippen LogP contribution in [0.3, 0.4) is 0 Å². The second-order valence-corrected chi connectivity index (χ2v) is 7.76. The number of ketones is 1. The molecule has 1 fully saturated rings. The van der Waals surface area contributed by atoms with Gasteiger partial charge in [0.05, 0.1) is 14.2 Å². The van der Waals surface area contributed by atoms with E-state index < -0.39 is 5.97 Å². The van der Waals surface area contributed by atoms with Crippen LogP contribution >= 0.6 is 27.3 Å². The van der Waals surface area contributed by atoms with Crippen molar-refractivity contribution in [3.63, 3.8) is 0 Å². The molecule has 2 heterocycles. The normalized spacial score (nSPS) is 14.0. The molecular weight excluding hydrogens is 394 g/mol. The first kappa shape index (κ1) is 16.9. The first-order valence-electron chi connectivity index (χ1n) is 7.41. The predicted molar refractivity (Wildman–Crippen MR) is 94.7 cm³/mol. The smallest absolute Gasteiger partial charge is 0.338 e. The van der Waals surface area contributed by atoms with Gasteiger partial charge < -0.3 is 9.64 Å². The summed E-state index contributed by atoms with van der Waals surface area (Å²) >= 11 is 4.58. The van der Waals surface area contributed by atoms with Gasteiger partial charge in [0.25, 0.3) is 0 Å². The third-order valence-electron chi connectivity index (χ3n) is 3.67. The van der Waals surface area contributed by atoms with Gasteiger partial charge in [0.2, 0.25) is 11.7 Å². The molecule has 0 unspecified atom stereocenters. The van der Waals surface area contributed by atoms with Gasteiger partial charge in [-0.05, 0) is 58.7 Å². The van der Waals surface area contributed by atoms with Crippen molar-refractivity contribution in [3.8, 4) is 0 Å². The maximum absolute atomic E-state index is 12.0. The highest BCUT2D eigenvalue weighted by molar-refractivity contribution is 9.11. The molecule has 24 heavy (non-hydrogen) atoms. The van der Waals surface area contributed by atoms with Crippen LogP contribution in [-0.2, 0) is 9.53 Å². The van der Waals surface area contributed by atoms with Crippen molar-refractivity contribution < 1.29 is 19.1 Å². The number of carbonyl (C=O) groups excluding carboxylic acids is 3. The first-order chi connectivity index (χ1) is 11.5. The van der Waals surface area contributed by atoms with Gasteiger partial charge in [0, 0.05) is 18.7 Å². The molecule has 1 aromatic carbocycles. The second kappa shape index (κ2) is 7.27. The average Bonchev–Trinajstić information content (AvgIpc) is 3.21. The van der Waals surface area contributed by atoms with Crippen LogP contribution in [0.5, 0.6) is 0 Å². The van der Waals surface area contributed by atoms with Gasteiger partial charge in [-0.3, -0.25) is 9.59 Å². The number of hydrogen-bond acceptors (Lipinski definition) is 5. The summed E-state index contributed by atoms with van der Waals surface area (Å²) in [7, 11) is 0. The highest BCUT2D eigenvalue weighted by atomic mass is 79.9. The second-order valence-electron chi connectivity index (χ2n) is 5.30. The molecule has 1 aliphatic heterocycles. The Morgan fingerprint density at radius 3 is 2.50 bits per heavy atom. The van der Waals surface area contributed by atoms with Gasteiger partial charge in [-0.15, -0.1) is 11.3 Å². The molecule has 124 valence electrons. The van der Waals surface area contributed by atoms with E-state index in [1.54, 1.807) is 41.3 Å². The molecule has 0 spiro atoms. The Hall–Kier alpha value is -1.99. The third-order valence-corrected chi connectivity index (χ3v) is 5.34. The van der Waals surface area contributed by atoms with Crippen molar-refractivity contribution in [3.05, 3.63) is 50.6 Å². The number of thiophene rings is 1.